The maximum atomic E-state index is 12.1. The maximum Gasteiger partial charge on any atom is 0.295 e. The number of anilines is 1. The average molecular weight is 609 g/mol. The molecule has 0 saturated carbocycles. The minimum absolute atomic E-state index is 0.0417. The summed E-state index contributed by atoms with van der Waals surface area (Å²) in [7, 11) is -4.28. The van der Waals surface area contributed by atoms with E-state index in [1.54, 1.807) is 12.1 Å². The molecule has 1 aromatic heterocycles. The second-order valence-corrected chi connectivity index (χ2v) is 10.9. The van der Waals surface area contributed by atoms with Crippen LogP contribution in [-0.2, 0) is 23.0 Å². The van der Waals surface area contributed by atoms with E-state index in [0.29, 0.717) is 30.8 Å². The Morgan fingerprint density at radius 3 is 2.56 bits per heavy atom. The molecule has 0 bridgehead atoms. The summed E-state index contributed by atoms with van der Waals surface area (Å²) in [5, 5.41) is 6.86. The molecule has 13 heteroatoms. The highest BCUT2D eigenvalue weighted by Gasteiger charge is 2.21. The van der Waals surface area contributed by atoms with Crippen molar-refractivity contribution in [3.05, 3.63) is 95.2 Å². The van der Waals surface area contributed by atoms with Crippen LogP contribution in [0.2, 0.25) is 0 Å². The molecule has 2 aromatic carbocycles. The van der Waals surface area contributed by atoms with Crippen molar-refractivity contribution >= 4 is 33.8 Å². The third-order valence-electron chi connectivity index (χ3n) is 6.66. The summed E-state index contributed by atoms with van der Waals surface area (Å²) in [5.74, 6) is 12.1. The van der Waals surface area contributed by atoms with E-state index in [4.69, 9.17) is 21.0 Å². The van der Waals surface area contributed by atoms with Crippen LogP contribution in [0.1, 0.15) is 63.1 Å². The molecule has 7 N–H and O–H groups in total. The summed E-state index contributed by atoms with van der Waals surface area (Å²) in [6.07, 6.45) is 9.11. The highest BCUT2D eigenvalue weighted by molar-refractivity contribution is 7.86. The van der Waals surface area contributed by atoms with E-state index in [1.807, 2.05) is 12.1 Å². The number of allylic oxidation sites excluding steroid dienone is 1. The molecule has 0 unspecified atom stereocenters. The molecule has 1 aliphatic carbocycles. The zero-order valence-corrected chi connectivity index (χ0v) is 24.5. The number of nitrogens with one attached hydrogen (secondary N) is 2. The number of carbonyl (C=O) groups is 2. The summed E-state index contributed by atoms with van der Waals surface area (Å²) in [5.41, 5.74) is 7.42. The zero-order valence-electron chi connectivity index (χ0n) is 23.7. The average Bonchev–Trinajstić information content (AvgIpc) is 3.03. The zero-order chi connectivity index (χ0) is 31.2. The molecule has 0 fully saturated rings. The van der Waals surface area contributed by atoms with Crippen LogP contribution in [0.15, 0.2) is 77.4 Å². The highest BCUT2D eigenvalue weighted by Crippen LogP contribution is 2.32. The molecule has 0 saturated heterocycles. The van der Waals surface area contributed by atoms with Gasteiger partial charge >= 0.3 is 0 Å². The van der Waals surface area contributed by atoms with E-state index in [1.165, 1.54) is 41.6 Å². The molecule has 3 aromatic rings. The first-order chi connectivity index (χ1) is 20.7. The number of ether oxygens (including phenoxy) is 1. The standard InChI is InChI=1S/C23H30N6O2.C7H6O4S/c1-2-6-19-17-7-5-8-20(28-24)18(17)10-11-21(19)31-14-4-3-13-26-23(30)16-9-12-22(29-25)27-15-16;8-5-6-3-1-2-4-7(6)12(9,10)11/h2,9-12,15H,1,3-8,13-14,24-25H2,(H,26,30)(H,27,29);1-5H,(H,9,10,11). The number of carbonyl (C=O) groups excluding carboxylic acids is 2. The van der Waals surface area contributed by atoms with Crippen molar-refractivity contribution in [3.8, 4) is 5.75 Å². The minimum Gasteiger partial charge on any atom is -0.493 e. The quantitative estimate of drug-likeness (QED) is 0.0507. The molecule has 12 nitrogen and oxygen atoms in total. The number of rotatable bonds is 12. The molecule has 228 valence electrons. The minimum atomic E-state index is -4.28. The van der Waals surface area contributed by atoms with Crippen molar-refractivity contribution in [1.82, 2.24) is 10.3 Å². The van der Waals surface area contributed by atoms with Gasteiger partial charge in [-0.3, -0.25) is 14.1 Å². The summed E-state index contributed by atoms with van der Waals surface area (Å²) in [4.78, 5) is 26.1. The summed E-state index contributed by atoms with van der Waals surface area (Å²) in [6.45, 7) is 5.04. The number of hydrazine groups is 1. The van der Waals surface area contributed by atoms with Crippen LogP contribution in [0.3, 0.4) is 0 Å². The van der Waals surface area contributed by atoms with Crippen LogP contribution < -0.4 is 27.2 Å². The van der Waals surface area contributed by atoms with E-state index in [9.17, 15) is 18.0 Å². The summed E-state index contributed by atoms with van der Waals surface area (Å²) >= 11 is 0. The number of nitrogen functional groups attached to an aromatic ring is 1. The van der Waals surface area contributed by atoms with Gasteiger partial charge in [0.2, 0.25) is 0 Å². The molecule has 4 rings (SSSR count). The lowest BCUT2D eigenvalue weighted by Crippen LogP contribution is -2.25. The fourth-order valence-corrected chi connectivity index (χ4v) is 5.24. The number of aromatic nitrogens is 1. The third-order valence-corrected chi connectivity index (χ3v) is 7.58. The highest BCUT2D eigenvalue weighted by atomic mass is 32.2. The Balaban J connectivity index is 0.000000353. The van der Waals surface area contributed by atoms with E-state index >= 15 is 0 Å². The van der Waals surface area contributed by atoms with Crippen LogP contribution in [-0.4, -0.2) is 49.0 Å². The molecule has 1 amide bonds. The predicted octanol–water partition coefficient (Wildman–Crippen LogP) is 3.43. The van der Waals surface area contributed by atoms with Crippen molar-refractivity contribution in [2.24, 2.45) is 16.8 Å². The number of nitrogens with zero attached hydrogens (tertiary/aromatic N) is 2. The van der Waals surface area contributed by atoms with Crippen LogP contribution in [0.25, 0.3) is 0 Å². The lowest BCUT2D eigenvalue weighted by Gasteiger charge is -2.23. The van der Waals surface area contributed by atoms with Gasteiger partial charge in [0.15, 0.2) is 6.29 Å². The molecule has 0 spiro atoms. The Hall–Kier alpha value is -4.59. The van der Waals surface area contributed by atoms with Gasteiger partial charge < -0.3 is 21.3 Å². The van der Waals surface area contributed by atoms with Gasteiger partial charge in [-0.1, -0.05) is 24.3 Å². The number of benzene rings is 2. The molecule has 0 aliphatic heterocycles. The number of amides is 1. The largest absolute Gasteiger partial charge is 0.493 e. The predicted molar refractivity (Wildman–Crippen MR) is 165 cm³/mol. The van der Waals surface area contributed by atoms with Crippen molar-refractivity contribution in [2.45, 2.75) is 43.4 Å². The molecule has 43 heavy (non-hydrogen) atoms. The number of hydrogen-bond acceptors (Lipinski definition) is 10. The van der Waals surface area contributed by atoms with Gasteiger partial charge in [-0.2, -0.15) is 13.5 Å². The number of aldehydes is 1. The molecular weight excluding hydrogens is 572 g/mol. The number of unbranched alkanes of at least 4 members (excludes halogenated alkanes) is 1. The fourth-order valence-electron chi connectivity index (χ4n) is 4.57. The fraction of sp³-hybridized carbons (Fsp3) is 0.267. The van der Waals surface area contributed by atoms with Gasteiger partial charge in [0, 0.05) is 29.4 Å². The first-order valence-electron chi connectivity index (χ1n) is 13.6. The van der Waals surface area contributed by atoms with Crippen molar-refractivity contribution in [1.29, 1.82) is 0 Å². The number of hydrogen-bond donors (Lipinski definition) is 5. The third kappa shape index (κ3) is 9.20. The second-order valence-electron chi connectivity index (χ2n) is 9.51. The lowest BCUT2D eigenvalue weighted by atomic mass is 9.85. The second kappa shape index (κ2) is 16.2. The lowest BCUT2D eigenvalue weighted by molar-refractivity contribution is 0.0951. The van der Waals surface area contributed by atoms with Crippen LogP contribution in [0, 0.1) is 0 Å². The van der Waals surface area contributed by atoms with Gasteiger partial charge in [0.25, 0.3) is 16.0 Å². The molecule has 0 atom stereocenters. The van der Waals surface area contributed by atoms with Gasteiger partial charge in [-0.25, -0.2) is 10.8 Å². The van der Waals surface area contributed by atoms with Crippen molar-refractivity contribution in [2.75, 3.05) is 18.6 Å². The molecule has 1 heterocycles. The Morgan fingerprint density at radius 1 is 1.14 bits per heavy atom. The topological polar surface area (TPSA) is 199 Å². The Bertz CT molecular complexity index is 1560. The summed E-state index contributed by atoms with van der Waals surface area (Å²) in [6, 6.07) is 12.8. The van der Waals surface area contributed by atoms with Crippen LogP contribution in [0.4, 0.5) is 5.82 Å². The van der Waals surface area contributed by atoms with Gasteiger partial charge in [0.05, 0.1) is 17.9 Å². The van der Waals surface area contributed by atoms with Crippen LogP contribution >= 0.6 is 0 Å². The van der Waals surface area contributed by atoms with Gasteiger partial charge in [-0.15, -0.1) is 6.58 Å². The van der Waals surface area contributed by atoms with E-state index in [-0.39, 0.29) is 16.4 Å². The number of pyridine rings is 1. The number of hydrazone groups is 1. The Morgan fingerprint density at radius 2 is 1.93 bits per heavy atom. The first kappa shape index (κ1) is 32.9. The monoisotopic (exact) mass is 608 g/mol. The summed E-state index contributed by atoms with van der Waals surface area (Å²) < 4.78 is 35.9. The number of nitrogens with two attached hydrogens (primary N) is 2. The van der Waals surface area contributed by atoms with Gasteiger partial charge in [-0.05, 0) is 74.4 Å². The molecular formula is C30H36N6O6S. The van der Waals surface area contributed by atoms with Gasteiger partial charge in [0.1, 0.15) is 16.5 Å². The number of fused-ring (bicyclic) bond motifs is 1. The normalized spacial score (nSPS) is 13.2. The van der Waals surface area contributed by atoms with E-state index < -0.39 is 10.1 Å². The van der Waals surface area contributed by atoms with E-state index in [2.05, 4.69) is 33.5 Å². The molecule has 0 radical (unpaired) electrons. The molecule has 1 aliphatic rings. The Labute approximate surface area is 251 Å². The Kier molecular flexibility index (Phi) is 12.4. The SMILES string of the molecule is C=CCc1c(OCCCCNC(=O)c2ccc(NN)nc2)ccc2c1CCCC2=NN.O=Cc1ccccc1S(=O)(=O)O. The van der Waals surface area contributed by atoms with Crippen LogP contribution in [0.5, 0.6) is 5.75 Å². The van der Waals surface area contributed by atoms with Crippen molar-refractivity contribution in [3.63, 3.8) is 0 Å². The van der Waals surface area contributed by atoms with E-state index in [0.717, 1.165) is 55.5 Å². The maximum absolute atomic E-state index is 12.1. The van der Waals surface area contributed by atoms with Crippen molar-refractivity contribution < 1.29 is 27.3 Å². The smallest absolute Gasteiger partial charge is 0.295 e. The first-order valence-corrected chi connectivity index (χ1v) is 15.1.